The third-order valence-electron chi connectivity index (χ3n) is 2.91. The van der Waals surface area contributed by atoms with Crippen LogP contribution in [0.4, 0.5) is 0 Å². The number of esters is 1. The summed E-state index contributed by atoms with van der Waals surface area (Å²) >= 11 is 1.70. The number of nitrogens with two attached hydrogens (primary N) is 1. The molecule has 6 heteroatoms. The lowest BCUT2D eigenvalue weighted by atomic mass is 10.2. The summed E-state index contributed by atoms with van der Waals surface area (Å²) in [5.41, 5.74) is 6.81. The maximum absolute atomic E-state index is 11.4. The Morgan fingerprint density at radius 1 is 1.33 bits per heavy atom. The fourth-order valence-electron chi connectivity index (χ4n) is 1.75. The smallest absolute Gasteiger partial charge is 0.322 e. The van der Waals surface area contributed by atoms with Gasteiger partial charge in [0.25, 0.3) is 0 Å². The standard InChI is InChI=1S/C15H23NO4S/c1-4-20-15(17)13(16)7-8-21-10-11-9-12(18-2)5-6-14(11)19-3/h5-6,9,13H,4,7-8,10,16H2,1-3H3. The lowest BCUT2D eigenvalue weighted by Crippen LogP contribution is -2.32. The minimum absolute atomic E-state index is 0.336. The van der Waals surface area contributed by atoms with Crippen LogP contribution < -0.4 is 15.2 Å². The van der Waals surface area contributed by atoms with E-state index in [9.17, 15) is 4.79 Å². The van der Waals surface area contributed by atoms with E-state index in [4.69, 9.17) is 19.9 Å². The molecule has 0 aliphatic carbocycles. The minimum Gasteiger partial charge on any atom is -0.497 e. The van der Waals surface area contributed by atoms with E-state index in [1.165, 1.54) is 0 Å². The predicted octanol–water partition coefficient (Wildman–Crippen LogP) is 2.22. The molecule has 0 bridgehead atoms. The van der Waals surface area contributed by atoms with Gasteiger partial charge in [-0.15, -0.1) is 0 Å². The Labute approximate surface area is 130 Å². The molecular weight excluding hydrogens is 290 g/mol. The first kappa shape index (κ1) is 17.7. The van der Waals surface area contributed by atoms with E-state index in [-0.39, 0.29) is 5.97 Å². The van der Waals surface area contributed by atoms with E-state index in [2.05, 4.69) is 0 Å². The van der Waals surface area contributed by atoms with Crippen LogP contribution in [-0.2, 0) is 15.3 Å². The van der Waals surface area contributed by atoms with Gasteiger partial charge in [-0.2, -0.15) is 11.8 Å². The Bertz CT molecular complexity index is 453. The minimum atomic E-state index is -0.551. The molecule has 0 radical (unpaired) electrons. The van der Waals surface area contributed by atoms with Crippen LogP contribution in [0.1, 0.15) is 18.9 Å². The fourth-order valence-corrected chi connectivity index (χ4v) is 2.76. The maximum atomic E-state index is 11.4. The summed E-state index contributed by atoms with van der Waals surface area (Å²) in [4.78, 5) is 11.4. The molecule has 0 saturated carbocycles. The van der Waals surface area contributed by atoms with Crippen LogP contribution in [-0.4, -0.2) is 38.6 Å². The molecule has 1 aromatic carbocycles. The van der Waals surface area contributed by atoms with Crippen LogP contribution in [0.25, 0.3) is 0 Å². The SMILES string of the molecule is CCOC(=O)C(N)CCSCc1cc(OC)ccc1OC. The summed E-state index contributed by atoms with van der Waals surface area (Å²) < 4.78 is 15.4. The van der Waals surface area contributed by atoms with Crippen LogP contribution >= 0.6 is 11.8 Å². The summed E-state index contributed by atoms with van der Waals surface area (Å²) in [6.45, 7) is 2.13. The topological polar surface area (TPSA) is 70.8 Å². The van der Waals surface area contributed by atoms with Gasteiger partial charge in [0.15, 0.2) is 0 Å². The van der Waals surface area contributed by atoms with Gasteiger partial charge in [-0.05, 0) is 37.3 Å². The van der Waals surface area contributed by atoms with Crippen molar-refractivity contribution in [3.05, 3.63) is 23.8 Å². The zero-order valence-corrected chi connectivity index (χ0v) is 13.6. The molecule has 2 N–H and O–H groups in total. The van der Waals surface area contributed by atoms with Gasteiger partial charge in [-0.1, -0.05) is 0 Å². The van der Waals surface area contributed by atoms with Crippen molar-refractivity contribution in [2.45, 2.75) is 25.1 Å². The van der Waals surface area contributed by atoms with Crippen LogP contribution in [0.2, 0.25) is 0 Å². The summed E-state index contributed by atoms with van der Waals surface area (Å²) in [5.74, 6) is 2.85. The molecule has 0 aromatic heterocycles. The molecule has 21 heavy (non-hydrogen) atoms. The molecule has 1 rings (SSSR count). The van der Waals surface area contributed by atoms with Gasteiger partial charge in [0.2, 0.25) is 0 Å². The average Bonchev–Trinajstić information content (AvgIpc) is 2.51. The molecule has 0 saturated heterocycles. The highest BCUT2D eigenvalue weighted by molar-refractivity contribution is 7.98. The van der Waals surface area contributed by atoms with Gasteiger partial charge in [0.1, 0.15) is 17.5 Å². The van der Waals surface area contributed by atoms with Crippen LogP contribution in [0.5, 0.6) is 11.5 Å². The molecule has 118 valence electrons. The van der Waals surface area contributed by atoms with Crippen molar-refractivity contribution in [1.29, 1.82) is 0 Å². The number of rotatable bonds is 9. The van der Waals surface area contributed by atoms with Gasteiger partial charge in [-0.3, -0.25) is 4.79 Å². The number of carbonyl (C=O) groups excluding carboxylic acids is 1. The lowest BCUT2D eigenvalue weighted by Gasteiger charge is -2.12. The number of benzene rings is 1. The fraction of sp³-hybridized carbons (Fsp3) is 0.533. The average molecular weight is 313 g/mol. The summed E-state index contributed by atoms with van der Waals surface area (Å²) in [6.07, 6.45) is 0.593. The first-order chi connectivity index (χ1) is 10.1. The van der Waals surface area contributed by atoms with Gasteiger partial charge in [0.05, 0.1) is 20.8 Å². The number of hydrogen-bond donors (Lipinski definition) is 1. The highest BCUT2D eigenvalue weighted by Crippen LogP contribution is 2.27. The quantitative estimate of drug-likeness (QED) is 0.557. The Balaban J connectivity index is 2.43. The van der Waals surface area contributed by atoms with Crippen LogP contribution in [0, 0.1) is 0 Å². The van der Waals surface area contributed by atoms with E-state index in [1.807, 2.05) is 18.2 Å². The molecule has 0 aliphatic rings. The zero-order valence-electron chi connectivity index (χ0n) is 12.8. The highest BCUT2D eigenvalue weighted by Gasteiger charge is 2.14. The van der Waals surface area contributed by atoms with Crippen molar-refractivity contribution in [3.63, 3.8) is 0 Å². The van der Waals surface area contributed by atoms with Crippen LogP contribution in [0.3, 0.4) is 0 Å². The third kappa shape index (κ3) is 5.85. The van der Waals surface area contributed by atoms with E-state index in [0.29, 0.717) is 13.0 Å². The molecular formula is C15H23NO4S. The molecule has 5 nitrogen and oxygen atoms in total. The van der Waals surface area contributed by atoms with Crippen molar-refractivity contribution in [1.82, 2.24) is 0 Å². The Morgan fingerprint density at radius 2 is 2.10 bits per heavy atom. The van der Waals surface area contributed by atoms with Gasteiger partial charge < -0.3 is 19.9 Å². The van der Waals surface area contributed by atoms with E-state index in [1.54, 1.807) is 32.9 Å². The van der Waals surface area contributed by atoms with E-state index < -0.39 is 6.04 Å². The first-order valence-electron chi connectivity index (χ1n) is 6.83. The van der Waals surface area contributed by atoms with E-state index >= 15 is 0 Å². The summed E-state index contributed by atoms with van der Waals surface area (Å²) in [6, 6.07) is 5.16. The van der Waals surface area contributed by atoms with E-state index in [0.717, 1.165) is 28.6 Å². The zero-order chi connectivity index (χ0) is 15.7. The monoisotopic (exact) mass is 313 g/mol. The molecule has 1 unspecified atom stereocenters. The lowest BCUT2D eigenvalue weighted by molar-refractivity contribution is -0.144. The number of methoxy groups -OCH3 is 2. The first-order valence-corrected chi connectivity index (χ1v) is 7.98. The van der Waals surface area contributed by atoms with Crippen molar-refractivity contribution in [2.24, 2.45) is 5.73 Å². The Morgan fingerprint density at radius 3 is 2.71 bits per heavy atom. The van der Waals surface area contributed by atoms with Crippen molar-refractivity contribution in [3.8, 4) is 11.5 Å². The number of hydrogen-bond acceptors (Lipinski definition) is 6. The van der Waals surface area contributed by atoms with Crippen LogP contribution in [0.15, 0.2) is 18.2 Å². The number of carbonyl (C=O) groups is 1. The Kier molecular flexibility index (Phi) is 8.00. The molecule has 1 atom stereocenters. The second kappa shape index (κ2) is 9.52. The predicted molar refractivity (Wildman–Crippen MR) is 84.9 cm³/mol. The van der Waals surface area contributed by atoms with Gasteiger partial charge in [0, 0.05) is 11.3 Å². The van der Waals surface area contributed by atoms with Gasteiger partial charge in [-0.25, -0.2) is 0 Å². The third-order valence-corrected chi connectivity index (χ3v) is 3.95. The summed E-state index contributed by atoms with van der Waals surface area (Å²) in [5, 5.41) is 0. The van der Waals surface area contributed by atoms with Crippen molar-refractivity contribution < 1.29 is 19.0 Å². The molecule has 0 fully saturated rings. The summed E-state index contributed by atoms with van der Waals surface area (Å²) in [7, 11) is 3.28. The molecule has 1 aromatic rings. The second-order valence-electron chi connectivity index (χ2n) is 4.38. The second-order valence-corrected chi connectivity index (χ2v) is 5.48. The molecule has 0 heterocycles. The molecule has 0 amide bonds. The van der Waals surface area contributed by atoms with Gasteiger partial charge >= 0.3 is 5.97 Å². The highest BCUT2D eigenvalue weighted by atomic mass is 32.2. The largest absolute Gasteiger partial charge is 0.497 e. The normalized spacial score (nSPS) is 11.8. The Hall–Kier alpha value is -1.40. The number of ether oxygens (including phenoxy) is 3. The molecule has 0 spiro atoms. The van der Waals surface area contributed by atoms with Crippen molar-refractivity contribution >= 4 is 17.7 Å². The van der Waals surface area contributed by atoms with Crippen molar-refractivity contribution in [2.75, 3.05) is 26.6 Å². The molecule has 0 aliphatic heterocycles. The maximum Gasteiger partial charge on any atom is 0.322 e. The number of thioether (sulfide) groups is 1.